The van der Waals surface area contributed by atoms with Crippen LogP contribution in [0, 0.1) is 5.82 Å². The molecule has 0 unspecified atom stereocenters. The molecule has 0 bridgehead atoms. The van der Waals surface area contributed by atoms with Crippen molar-refractivity contribution in [3.63, 3.8) is 0 Å². The fraction of sp³-hybridized carbons (Fsp3) is 0.350. The lowest BCUT2D eigenvalue weighted by Gasteiger charge is -2.33. The molecule has 1 aromatic carbocycles. The molecule has 3 rings (SSSR count). The summed E-state index contributed by atoms with van der Waals surface area (Å²) >= 11 is 0. The van der Waals surface area contributed by atoms with Crippen LogP contribution < -0.4 is 15.8 Å². The van der Waals surface area contributed by atoms with E-state index in [1.807, 2.05) is 0 Å². The number of nitrogens with zero attached hydrogens (tertiary/aromatic N) is 3. The van der Waals surface area contributed by atoms with Crippen LogP contribution in [-0.2, 0) is 15.1 Å². The van der Waals surface area contributed by atoms with Gasteiger partial charge >= 0.3 is 0 Å². The van der Waals surface area contributed by atoms with E-state index in [9.17, 15) is 26.7 Å². The average molecular weight is 505 g/mol. The number of rotatable bonds is 6. The summed E-state index contributed by atoms with van der Waals surface area (Å²) in [5.41, 5.74) is 2.46. The molecular weight excluding hydrogens is 485 g/mol. The maximum Gasteiger partial charge on any atom is 0.299 e. The number of ether oxygens (including phenoxy) is 2. The smallest absolute Gasteiger partial charge is 0.299 e. The van der Waals surface area contributed by atoms with Gasteiger partial charge in [0.05, 0.1) is 12.4 Å². The average Bonchev–Trinajstić information content (AvgIpc) is 2.89. The van der Waals surface area contributed by atoms with Crippen LogP contribution in [0.15, 0.2) is 35.6 Å². The highest BCUT2D eigenvalue weighted by Gasteiger charge is 2.54. The van der Waals surface area contributed by atoms with Crippen LogP contribution in [-0.4, -0.2) is 65.5 Å². The number of nitrogens with two attached hydrogens (primary N) is 1. The number of halogens is 5. The Morgan fingerprint density at radius 1 is 1.34 bits per heavy atom. The second-order valence-corrected chi connectivity index (χ2v) is 7.07. The third kappa shape index (κ3) is 6.81. The van der Waals surface area contributed by atoms with E-state index < -0.39 is 48.4 Å². The number of carbonyl (C=O) groups excluding carboxylic acids is 1. The zero-order valence-corrected chi connectivity index (χ0v) is 18.1. The maximum absolute atomic E-state index is 14.7. The number of benzene rings is 1. The Morgan fingerprint density at radius 2 is 2.03 bits per heavy atom. The molecule has 1 aliphatic heterocycles. The van der Waals surface area contributed by atoms with Crippen LogP contribution >= 0.6 is 0 Å². The van der Waals surface area contributed by atoms with Gasteiger partial charge in [0, 0.05) is 11.3 Å². The minimum Gasteiger partial charge on any atom is -0.483 e. The first-order chi connectivity index (χ1) is 16.4. The molecule has 10 nitrogen and oxygen atoms in total. The molecule has 0 aliphatic carbocycles. The summed E-state index contributed by atoms with van der Waals surface area (Å²) < 4.78 is 77.8. The number of aromatic nitrogens is 2. The van der Waals surface area contributed by atoms with Crippen LogP contribution in [0.4, 0.5) is 27.6 Å². The number of amidine groups is 1. The van der Waals surface area contributed by atoms with Gasteiger partial charge in [-0.05, 0) is 25.1 Å². The van der Waals surface area contributed by atoms with Crippen molar-refractivity contribution in [1.82, 2.24) is 9.97 Å². The molecule has 0 saturated carbocycles. The molecule has 0 fully saturated rings. The van der Waals surface area contributed by atoms with Crippen LogP contribution in [0.25, 0.3) is 0 Å². The summed E-state index contributed by atoms with van der Waals surface area (Å²) in [6, 6.07) is 3.07. The van der Waals surface area contributed by atoms with E-state index in [0.29, 0.717) is 0 Å². The van der Waals surface area contributed by atoms with E-state index in [4.69, 9.17) is 20.4 Å². The zero-order valence-electron chi connectivity index (χ0n) is 18.1. The van der Waals surface area contributed by atoms with Crippen LogP contribution in [0.5, 0.6) is 5.88 Å². The van der Waals surface area contributed by atoms with Gasteiger partial charge in [0.1, 0.15) is 30.6 Å². The molecule has 35 heavy (non-hydrogen) atoms. The van der Waals surface area contributed by atoms with Crippen LogP contribution in [0.1, 0.15) is 23.0 Å². The summed E-state index contributed by atoms with van der Waals surface area (Å²) in [6.07, 6.45) is -0.761. The third-order valence-electron chi connectivity index (χ3n) is 4.58. The van der Waals surface area contributed by atoms with E-state index in [1.54, 1.807) is 0 Å². The molecule has 2 heterocycles. The van der Waals surface area contributed by atoms with E-state index in [1.165, 1.54) is 0 Å². The van der Waals surface area contributed by atoms with Gasteiger partial charge in [0.15, 0.2) is 12.1 Å². The number of anilines is 1. The number of hydrogen-bond acceptors (Lipinski definition) is 8. The Balaban J connectivity index is 0.00000137. The summed E-state index contributed by atoms with van der Waals surface area (Å²) in [7, 11) is 0. The van der Waals surface area contributed by atoms with E-state index >= 15 is 0 Å². The van der Waals surface area contributed by atoms with Crippen molar-refractivity contribution in [2.24, 2.45) is 10.7 Å². The molecule has 1 atom stereocenters. The molecule has 15 heteroatoms. The number of carboxylic acid groups (broad SMARTS) is 1. The largest absolute Gasteiger partial charge is 0.483 e. The van der Waals surface area contributed by atoms with Crippen molar-refractivity contribution in [2.45, 2.75) is 24.8 Å². The van der Waals surface area contributed by atoms with Crippen molar-refractivity contribution in [3.8, 4) is 5.88 Å². The third-order valence-corrected chi connectivity index (χ3v) is 4.58. The van der Waals surface area contributed by atoms with E-state index in [2.05, 4.69) is 25.0 Å². The number of nitrogens with one attached hydrogen (secondary N) is 1. The molecule has 4 N–H and O–H groups in total. The van der Waals surface area contributed by atoms with Gasteiger partial charge in [-0.15, -0.1) is 0 Å². The second-order valence-electron chi connectivity index (χ2n) is 7.07. The normalized spacial score (nSPS) is 19.0. The van der Waals surface area contributed by atoms with Gasteiger partial charge in [-0.2, -0.15) is 0 Å². The lowest BCUT2D eigenvalue weighted by atomic mass is 9.85. The van der Waals surface area contributed by atoms with Gasteiger partial charge in [-0.1, -0.05) is 0 Å². The monoisotopic (exact) mass is 505 g/mol. The maximum atomic E-state index is 14.7. The van der Waals surface area contributed by atoms with Gasteiger partial charge in [0.2, 0.25) is 5.88 Å². The first-order valence-corrected chi connectivity index (χ1v) is 9.65. The SMILES string of the molecule is C[C@]1(c2cc(NC(=O)c3cnc(OCC(F)F)cn3)ccc2F)N=C(N)COCC1(F)F.O=CO. The Kier molecular flexibility index (Phi) is 8.99. The molecule has 190 valence electrons. The number of alkyl halides is 4. The molecule has 0 saturated heterocycles. The summed E-state index contributed by atoms with van der Waals surface area (Å²) in [6.45, 7) is -1.49. The fourth-order valence-electron chi connectivity index (χ4n) is 2.91. The highest BCUT2D eigenvalue weighted by molar-refractivity contribution is 6.02. The first-order valence-electron chi connectivity index (χ1n) is 9.65. The lowest BCUT2D eigenvalue weighted by molar-refractivity contribution is -0.122. The number of hydrogen-bond donors (Lipinski definition) is 3. The zero-order chi connectivity index (χ0) is 26.2. The van der Waals surface area contributed by atoms with Crippen molar-refractivity contribution in [2.75, 3.05) is 25.1 Å². The molecule has 1 aromatic heterocycles. The van der Waals surface area contributed by atoms with E-state index in [-0.39, 0.29) is 36.2 Å². The predicted molar refractivity (Wildman–Crippen MR) is 111 cm³/mol. The first kappa shape index (κ1) is 27.4. The highest BCUT2D eigenvalue weighted by Crippen LogP contribution is 2.44. The molecular formula is C20H20F5N5O5. The Labute approximate surface area is 195 Å². The van der Waals surface area contributed by atoms with Crippen molar-refractivity contribution < 1.29 is 46.1 Å². The number of aliphatic imine (C=N–C) groups is 1. The minimum atomic E-state index is -3.60. The predicted octanol–water partition coefficient (Wildman–Crippen LogP) is 2.45. The number of amides is 1. The van der Waals surface area contributed by atoms with Crippen LogP contribution in [0.3, 0.4) is 0 Å². The molecule has 2 aromatic rings. The fourth-order valence-corrected chi connectivity index (χ4v) is 2.91. The van der Waals surface area contributed by atoms with Gasteiger partial charge in [-0.25, -0.2) is 31.9 Å². The molecule has 0 radical (unpaired) electrons. The summed E-state index contributed by atoms with van der Waals surface area (Å²) in [5.74, 6) is -5.84. The van der Waals surface area contributed by atoms with Gasteiger partial charge < -0.3 is 25.6 Å². The highest BCUT2D eigenvalue weighted by atomic mass is 19.3. The standard InChI is InChI=1S/C19H18F5N5O3.CH2O2/c1-18(19(23,24)9-31-8-15(25)29-18)11-4-10(2-3-12(11)20)28-17(30)13-5-27-16(6-26-13)32-7-14(21)22;2-1-3/h2-6,14H,7-9H2,1H3,(H2,25,29)(H,28,30);1H,(H,2,3)/t18-;/m1./s1. The van der Waals surface area contributed by atoms with Gasteiger partial charge in [0.25, 0.3) is 24.7 Å². The second kappa shape index (κ2) is 11.5. The molecule has 1 amide bonds. The number of carbonyl (C=O) groups is 2. The summed E-state index contributed by atoms with van der Waals surface area (Å²) in [5, 5.41) is 9.27. The van der Waals surface area contributed by atoms with Crippen molar-refractivity contribution >= 4 is 23.9 Å². The van der Waals surface area contributed by atoms with E-state index in [0.717, 1.165) is 37.5 Å². The quantitative estimate of drug-likeness (QED) is 0.401. The topological polar surface area (TPSA) is 149 Å². The summed E-state index contributed by atoms with van der Waals surface area (Å²) in [4.78, 5) is 32.0. The Hall–Kier alpha value is -3.88. The lowest BCUT2D eigenvalue weighted by Crippen LogP contribution is -2.45. The minimum absolute atomic E-state index is 0.0258. The van der Waals surface area contributed by atoms with Crippen LogP contribution in [0.2, 0.25) is 0 Å². The molecule has 1 aliphatic rings. The van der Waals surface area contributed by atoms with Crippen molar-refractivity contribution in [3.05, 3.63) is 47.7 Å². The Morgan fingerprint density at radius 3 is 2.63 bits per heavy atom. The Bertz CT molecular complexity index is 1070. The molecule has 0 spiro atoms. The van der Waals surface area contributed by atoms with Gasteiger partial charge in [-0.3, -0.25) is 14.6 Å². The van der Waals surface area contributed by atoms with Crippen molar-refractivity contribution in [1.29, 1.82) is 0 Å².